The molecule has 0 aromatic heterocycles. The Kier molecular flexibility index (Phi) is 4.48. The third kappa shape index (κ3) is 3.48. The Hall–Kier alpha value is -1.06. The first-order valence-corrected chi connectivity index (χ1v) is 7.20. The SMILES string of the molecule is Cc1cc(O)c(CN2CCC[C@@H](O)C2)cc1C(C)C. The fourth-order valence-corrected chi connectivity index (χ4v) is 2.92. The minimum absolute atomic E-state index is 0.217. The van der Waals surface area contributed by atoms with Crippen molar-refractivity contribution in [3.05, 3.63) is 28.8 Å². The summed E-state index contributed by atoms with van der Waals surface area (Å²) in [6.07, 6.45) is 1.71. The third-order valence-corrected chi connectivity index (χ3v) is 3.96. The van der Waals surface area contributed by atoms with Crippen LogP contribution in [0, 0.1) is 6.92 Å². The van der Waals surface area contributed by atoms with Crippen LogP contribution in [-0.4, -0.2) is 34.3 Å². The van der Waals surface area contributed by atoms with E-state index in [1.165, 1.54) is 5.56 Å². The van der Waals surface area contributed by atoms with E-state index in [2.05, 4.69) is 24.8 Å². The van der Waals surface area contributed by atoms with Crippen molar-refractivity contribution >= 4 is 0 Å². The van der Waals surface area contributed by atoms with E-state index in [1.54, 1.807) is 0 Å². The summed E-state index contributed by atoms with van der Waals surface area (Å²) in [5.74, 6) is 0.841. The number of hydrogen-bond donors (Lipinski definition) is 2. The lowest BCUT2D eigenvalue weighted by atomic mass is 9.94. The number of aliphatic hydroxyl groups is 1. The fourth-order valence-electron chi connectivity index (χ4n) is 2.92. The third-order valence-electron chi connectivity index (χ3n) is 3.96. The molecule has 0 saturated carbocycles. The molecule has 3 nitrogen and oxygen atoms in total. The molecule has 0 bridgehead atoms. The second kappa shape index (κ2) is 5.93. The molecule has 1 atom stereocenters. The van der Waals surface area contributed by atoms with Crippen LogP contribution in [0.3, 0.4) is 0 Å². The van der Waals surface area contributed by atoms with Crippen molar-refractivity contribution in [2.45, 2.75) is 52.2 Å². The number of β-amino-alcohol motifs (C(OH)–C–C–N with tert-alkyl or cyclic N) is 1. The number of piperidine rings is 1. The highest BCUT2D eigenvalue weighted by Crippen LogP contribution is 2.28. The lowest BCUT2D eigenvalue weighted by Crippen LogP contribution is -2.37. The first kappa shape index (κ1) is 14.4. The van der Waals surface area contributed by atoms with E-state index in [-0.39, 0.29) is 6.10 Å². The number of nitrogens with zero attached hydrogens (tertiary/aromatic N) is 1. The van der Waals surface area contributed by atoms with Gasteiger partial charge < -0.3 is 10.2 Å². The molecule has 2 rings (SSSR count). The van der Waals surface area contributed by atoms with Gasteiger partial charge in [0.15, 0.2) is 0 Å². The zero-order valence-corrected chi connectivity index (χ0v) is 12.2. The maximum Gasteiger partial charge on any atom is 0.120 e. The van der Waals surface area contributed by atoms with Crippen LogP contribution in [0.4, 0.5) is 0 Å². The topological polar surface area (TPSA) is 43.7 Å². The summed E-state index contributed by atoms with van der Waals surface area (Å²) in [6.45, 7) is 8.83. The summed E-state index contributed by atoms with van der Waals surface area (Å²) >= 11 is 0. The molecule has 106 valence electrons. The van der Waals surface area contributed by atoms with Gasteiger partial charge in [0.05, 0.1) is 6.10 Å². The molecular weight excluding hydrogens is 238 g/mol. The molecule has 0 radical (unpaired) electrons. The summed E-state index contributed by atoms with van der Waals surface area (Å²) in [7, 11) is 0. The summed E-state index contributed by atoms with van der Waals surface area (Å²) in [4.78, 5) is 2.22. The molecule has 1 aliphatic heterocycles. The van der Waals surface area contributed by atoms with Gasteiger partial charge in [0.2, 0.25) is 0 Å². The molecule has 0 unspecified atom stereocenters. The Labute approximate surface area is 115 Å². The second-order valence-electron chi connectivity index (χ2n) is 6.02. The first-order valence-electron chi connectivity index (χ1n) is 7.20. The molecule has 2 N–H and O–H groups in total. The van der Waals surface area contributed by atoms with Crippen molar-refractivity contribution in [1.82, 2.24) is 4.90 Å². The van der Waals surface area contributed by atoms with Crippen LogP contribution >= 0.6 is 0 Å². The number of aromatic hydroxyl groups is 1. The van der Waals surface area contributed by atoms with Gasteiger partial charge in [-0.2, -0.15) is 0 Å². The number of aryl methyl sites for hydroxylation is 1. The zero-order chi connectivity index (χ0) is 14.0. The molecule has 1 fully saturated rings. The molecule has 1 heterocycles. The van der Waals surface area contributed by atoms with Crippen LogP contribution in [0.1, 0.15) is 49.3 Å². The smallest absolute Gasteiger partial charge is 0.120 e. The predicted octanol–water partition coefficient (Wildman–Crippen LogP) is 2.78. The summed E-state index contributed by atoms with van der Waals surface area (Å²) < 4.78 is 0. The summed E-state index contributed by atoms with van der Waals surface area (Å²) in [6, 6.07) is 3.99. The van der Waals surface area contributed by atoms with E-state index in [4.69, 9.17) is 0 Å². The second-order valence-corrected chi connectivity index (χ2v) is 6.02. The fraction of sp³-hybridized carbons (Fsp3) is 0.625. The van der Waals surface area contributed by atoms with E-state index in [0.717, 1.165) is 37.1 Å². The van der Waals surface area contributed by atoms with Crippen LogP contribution < -0.4 is 0 Å². The summed E-state index contributed by atoms with van der Waals surface area (Å²) in [5, 5.41) is 19.8. The van der Waals surface area contributed by atoms with Gasteiger partial charge in [0, 0.05) is 18.7 Å². The van der Waals surface area contributed by atoms with Crippen molar-refractivity contribution in [3.63, 3.8) is 0 Å². The molecule has 3 heteroatoms. The Morgan fingerprint density at radius 2 is 2.11 bits per heavy atom. The van der Waals surface area contributed by atoms with Crippen molar-refractivity contribution in [1.29, 1.82) is 0 Å². The quantitative estimate of drug-likeness (QED) is 0.881. The van der Waals surface area contributed by atoms with Crippen LogP contribution in [0.2, 0.25) is 0 Å². The van der Waals surface area contributed by atoms with Crippen molar-refractivity contribution < 1.29 is 10.2 Å². The molecule has 1 aliphatic rings. The Morgan fingerprint density at radius 3 is 2.74 bits per heavy atom. The van der Waals surface area contributed by atoms with Gasteiger partial charge in [-0.25, -0.2) is 0 Å². The highest BCUT2D eigenvalue weighted by molar-refractivity contribution is 5.42. The molecule has 1 saturated heterocycles. The minimum Gasteiger partial charge on any atom is -0.508 e. The van der Waals surface area contributed by atoms with E-state index in [9.17, 15) is 10.2 Å². The predicted molar refractivity (Wildman–Crippen MR) is 77.5 cm³/mol. The van der Waals surface area contributed by atoms with Gasteiger partial charge in [-0.15, -0.1) is 0 Å². The van der Waals surface area contributed by atoms with Gasteiger partial charge >= 0.3 is 0 Å². The maximum atomic E-state index is 10.1. The van der Waals surface area contributed by atoms with Crippen LogP contribution in [0.15, 0.2) is 12.1 Å². The van der Waals surface area contributed by atoms with Gasteiger partial charge in [0.25, 0.3) is 0 Å². The van der Waals surface area contributed by atoms with Crippen molar-refractivity contribution in [3.8, 4) is 5.75 Å². The van der Waals surface area contributed by atoms with E-state index < -0.39 is 0 Å². The van der Waals surface area contributed by atoms with Gasteiger partial charge in [-0.3, -0.25) is 4.90 Å². The molecule has 0 spiro atoms. The van der Waals surface area contributed by atoms with Crippen LogP contribution in [0.5, 0.6) is 5.75 Å². The molecule has 0 aliphatic carbocycles. The number of likely N-dealkylation sites (tertiary alicyclic amines) is 1. The lowest BCUT2D eigenvalue weighted by Gasteiger charge is -2.30. The Balaban J connectivity index is 2.17. The number of phenolic OH excluding ortho intramolecular Hbond substituents is 1. The number of phenols is 1. The number of hydrogen-bond acceptors (Lipinski definition) is 3. The summed E-state index contributed by atoms with van der Waals surface area (Å²) in [5.41, 5.74) is 3.42. The number of aliphatic hydroxyl groups excluding tert-OH is 1. The molecule has 19 heavy (non-hydrogen) atoms. The average molecular weight is 263 g/mol. The van der Waals surface area contributed by atoms with E-state index in [0.29, 0.717) is 18.2 Å². The average Bonchev–Trinajstić information content (AvgIpc) is 2.32. The van der Waals surface area contributed by atoms with Crippen molar-refractivity contribution in [2.24, 2.45) is 0 Å². The Morgan fingerprint density at radius 1 is 1.37 bits per heavy atom. The van der Waals surface area contributed by atoms with E-state index >= 15 is 0 Å². The number of benzene rings is 1. The molecular formula is C16H25NO2. The Bertz CT molecular complexity index is 443. The molecule has 1 aromatic carbocycles. The maximum absolute atomic E-state index is 10.1. The largest absolute Gasteiger partial charge is 0.508 e. The first-order chi connectivity index (χ1) is 8.97. The van der Waals surface area contributed by atoms with Gasteiger partial charge in [0.1, 0.15) is 5.75 Å². The standard InChI is InChI=1S/C16H25NO2/c1-11(2)15-8-13(16(19)7-12(15)3)9-17-6-4-5-14(18)10-17/h7-8,11,14,18-19H,4-6,9-10H2,1-3H3/t14-/m1/s1. The van der Waals surface area contributed by atoms with Crippen LogP contribution in [-0.2, 0) is 6.54 Å². The van der Waals surface area contributed by atoms with Gasteiger partial charge in [-0.1, -0.05) is 19.9 Å². The van der Waals surface area contributed by atoms with Crippen LogP contribution in [0.25, 0.3) is 0 Å². The molecule has 1 aromatic rings. The minimum atomic E-state index is -0.217. The molecule has 0 amide bonds. The van der Waals surface area contributed by atoms with Gasteiger partial charge in [-0.05, 0) is 49.4 Å². The van der Waals surface area contributed by atoms with E-state index in [1.807, 2.05) is 13.0 Å². The zero-order valence-electron chi connectivity index (χ0n) is 12.2. The van der Waals surface area contributed by atoms with Crippen molar-refractivity contribution in [2.75, 3.05) is 13.1 Å². The monoisotopic (exact) mass is 263 g/mol. The highest BCUT2D eigenvalue weighted by Gasteiger charge is 2.19. The lowest BCUT2D eigenvalue weighted by molar-refractivity contribution is 0.0664. The number of rotatable bonds is 3. The highest BCUT2D eigenvalue weighted by atomic mass is 16.3. The normalized spacial score (nSPS) is 21.0.